The first-order valence-corrected chi connectivity index (χ1v) is 11.9. The van der Waals surface area contributed by atoms with Gasteiger partial charge in [-0.3, -0.25) is 4.79 Å². The largest absolute Gasteiger partial charge is 0.345 e. The van der Waals surface area contributed by atoms with E-state index >= 15 is 0 Å². The number of benzene rings is 2. The van der Waals surface area contributed by atoms with E-state index in [1.54, 1.807) is 23.1 Å². The van der Waals surface area contributed by atoms with Gasteiger partial charge in [-0.05, 0) is 42.8 Å². The van der Waals surface area contributed by atoms with E-state index in [1.807, 2.05) is 42.2 Å². The van der Waals surface area contributed by atoms with Gasteiger partial charge in [0.05, 0.1) is 10.2 Å². The summed E-state index contributed by atoms with van der Waals surface area (Å²) >= 11 is 9.71. The second-order valence-electron chi connectivity index (χ2n) is 7.49. The van der Waals surface area contributed by atoms with E-state index in [2.05, 4.69) is 24.8 Å². The van der Waals surface area contributed by atoms with Crippen molar-refractivity contribution >= 4 is 56.0 Å². The average Bonchev–Trinajstić information content (AvgIpc) is 3.15. The maximum absolute atomic E-state index is 13.0. The highest BCUT2D eigenvalue weighted by atomic mass is 35.5. The van der Waals surface area contributed by atoms with Crippen molar-refractivity contribution in [2.24, 2.45) is 0 Å². The maximum Gasteiger partial charge on any atom is 0.254 e. The van der Waals surface area contributed by atoms with Gasteiger partial charge in [-0.15, -0.1) is 11.8 Å². The van der Waals surface area contributed by atoms with Gasteiger partial charge in [0.15, 0.2) is 5.13 Å². The summed E-state index contributed by atoms with van der Waals surface area (Å²) in [6.45, 7) is 9.33. The first-order chi connectivity index (χ1) is 13.9. The van der Waals surface area contributed by atoms with Crippen molar-refractivity contribution < 1.29 is 4.79 Å². The van der Waals surface area contributed by atoms with Crippen molar-refractivity contribution in [3.05, 3.63) is 52.5 Å². The van der Waals surface area contributed by atoms with Gasteiger partial charge in [0.25, 0.3) is 5.91 Å². The molecule has 2 aromatic carbocycles. The SMILES string of the molecule is Cc1c(Cl)ccc2sc(N3CCN(C(=O)c4cccc(SC(C)C)c4)CC3)nc12. The van der Waals surface area contributed by atoms with E-state index in [1.165, 1.54) is 0 Å². The van der Waals surface area contributed by atoms with Crippen molar-refractivity contribution in [1.29, 1.82) is 0 Å². The Hall–Kier alpha value is -1.76. The van der Waals surface area contributed by atoms with Crippen LogP contribution < -0.4 is 4.90 Å². The lowest BCUT2D eigenvalue weighted by Crippen LogP contribution is -2.48. The van der Waals surface area contributed by atoms with E-state index in [9.17, 15) is 4.79 Å². The molecule has 0 aliphatic carbocycles. The Kier molecular flexibility index (Phi) is 6.04. The zero-order chi connectivity index (χ0) is 20.5. The molecular weight excluding hydrogens is 422 g/mol. The molecule has 0 saturated carbocycles. The standard InChI is InChI=1S/C22H24ClN3OS2/c1-14(2)28-17-6-4-5-16(13-17)21(27)25-9-11-26(12-10-25)22-24-20-15(3)18(23)7-8-19(20)29-22/h4-8,13-14H,9-12H2,1-3H3. The molecule has 1 fully saturated rings. The van der Waals surface area contributed by atoms with Crippen molar-refractivity contribution in [1.82, 2.24) is 9.88 Å². The summed E-state index contributed by atoms with van der Waals surface area (Å²) in [5.74, 6) is 0.114. The molecule has 0 bridgehead atoms. The summed E-state index contributed by atoms with van der Waals surface area (Å²) in [4.78, 5) is 23.2. The van der Waals surface area contributed by atoms with Crippen LogP contribution in [-0.2, 0) is 0 Å². The van der Waals surface area contributed by atoms with Crippen LogP contribution in [0.5, 0.6) is 0 Å². The van der Waals surface area contributed by atoms with Gasteiger partial charge < -0.3 is 9.80 Å². The molecule has 4 nitrogen and oxygen atoms in total. The number of hydrogen-bond acceptors (Lipinski definition) is 5. The van der Waals surface area contributed by atoms with E-state index < -0.39 is 0 Å². The number of carbonyl (C=O) groups is 1. The summed E-state index contributed by atoms with van der Waals surface area (Å²) in [7, 11) is 0. The van der Waals surface area contributed by atoms with Crippen molar-refractivity contribution in [2.75, 3.05) is 31.1 Å². The zero-order valence-electron chi connectivity index (χ0n) is 16.8. The molecule has 3 aromatic rings. The third kappa shape index (κ3) is 4.39. The number of nitrogens with zero attached hydrogens (tertiary/aromatic N) is 3. The van der Waals surface area contributed by atoms with Crippen LogP contribution in [0.4, 0.5) is 5.13 Å². The molecule has 0 atom stereocenters. The number of hydrogen-bond donors (Lipinski definition) is 0. The topological polar surface area (TPSA) is 36.4 Å². The van der Waals surface area contributed by atoms with Crippen molar-refractivity contribution in [3.8, 4) is 0 Å². The Morgan fingerprint density at radius 2 is 1.93 bits per heavy atom. The molecule has 0 unspecified atom stereocenters. The highest BCUT2D eigenvalue weighted by molar-refractivity contribution is 7.99. The molecule has 1 aliphatic rings. The quantitative estimate of drug-likeness (QED) is 0.481. The lowest BCUT2D eigenvalue weighted by molar-refractivity contribution is 0.0746. The number of anilines is 1. The fourth-order valence-corrected chi connectivity index (χ4v) is 5.61. The number of fused-ring (bicyclic) bond motifs is 1. The highest BCUT2D eigenvalue weighted by Gasteiger charge is 2.24. The van der Waals surface area contributed by atoms with E-state index in [4.69, 9.17) is 16.6 Å². The highest BCUT2D eigenvalue weighted by Crippen LogP contribution is 2.34. The summed E-state index contributed by atoms with van der Waals surface area (Å²) in [5, 5.41) is 2.26. The van der Waals surface area contributed by atoms with E-state index in [-0.39, 0.29) is 5.91 Å². The molecule has 1 amide bonds. The third-order valence-corrected chi connectivity index (χ3v) is 7.52. The minimum Gasteiger partial charge on any atom is -0.345 e. The van der Waals surface area contributed by atoms with Crippen LogP contribution in [0.3, 0.4) is 0 Å². The second-order valence-corrected chi connectivity index (χ2v) is 10.6. The number of amides is 1. The number of piperazine rings is 1. The molecule has 1 aliphatic heterocycles. The fourth-order valence-electron chi connectivity index (χ4n) is 3.48. The Labute approximate surface area is 184 Å². The second kappa shape index (κ2) is 8.54. The molecule has 2 heterocycles. The minimum atomic E-state index is 0.114. The van der Waals surface area contributed by atoms with Crippen LogP contribution in [-0.4, -0.2) is 47.2 Å². The predicted octanol–water partition coefficient (Wildman–Crippen LogP) is 5.72. The zero-order valence-corrected chi connectivity index (χ0v) is 19.2. The van der Waals surface area contributed by atoms with Gasteiger partial charge in [-0.2, -0.15) is 0 Å². The van der Waals surface area contributed by atoms with Crippen LogP contribution in [0.15, 0.2) is 41.3 Å². The molecule has 29 heavy (non-hydrogen) atoms. The van der Waals surface area contributed by atoms with Gasteiger partial charge in [-0.25, -0.2) is 4.98 Å². The number of thioether (sulfide) groups is 1. The smallest absolute Gasteiger partial charge is 0.254 e. The van der Waals surface area contributed by atoms with Gasteiger partial charge in [-0.1, -0.05) is 42.9 Å². The van der Waals surface area contributed by atoms with Crippen LogP contribution in [0.2, 0.25) is 5.02 Å². The molecule has 1 saturated heterocycles. The third-order valence-electron chi connectivity index (χ3n) is 5.03. The molecule has 1 aromatic heterocycles. The first kappa shape index (κ1) is 20.5. The predicted molar refractivity (Wildman–Crippen MR) is 125 cm³/mol. The molecule has 0 spiro atoms. The number of aromatic nitrogens is 1. The maximum atomic E-state index is 13.0. The lowest BCUT2D eigenvalue weighted by atomic mass is 10.2. The summed E-state index contributed by atoms with van der Waals surface area (Å²) in [6, 6.07) is 11.9. The summed E-state index contributed by atoms with van der Waals surface area (Å²) in [6.07, 6.45) is 0. The van der Waals surface area contributed by atoms with Gasteiger partial charge in [0.2, 0.25) is 0 Å². The normalized spacial score (nSPS) is 14.8. The van der Waals surface area contributed by atoms with Crippen molar-refractivity contribution in [3.63, 3.8) is 0 Å². The Morgan fingerprint density at radius 3 is 2.66 bits per heavy atom. The first-order valence-electron chi connectivity index (χ1n) is 9.79. The molecule has 4 rings (SSSR count). The Bertz CT molecular complexity index is 1040. The van der Waals surface area contributed by atoms with Gasteiger partial charge >= 0.3 is 0 Å². The number of aryl methyl sites for hydroxylation is 1. The number of carbonyl (C=O) groups excluding carboxylic acids is 1. The number of halogens is 1. The Morgan fingerprint density at radius 1 is 1.17 bits per heavy atom. The van der Waals surface area contributed by atoms with Crippen LogP contribution in [0.1, 0.15) is 29.8 Å². The Balaban J connectivity index is 1.44. The van der Waals surface area contributed by atoms with Crippen LogP contribution in [0, 0.1) is 6.92 Å². The van der Waals surface area contributed by atoms with Gasteiger partial charge in [0.1, 0.15) is 0 Å². The molecule has 0 N–H and O–H groups in total. The van der Waals surface area contributed by atoms with Crippen molar-refractivity contribution in [2.45, 2.75) is 30.9 Å². The molecular formula is C22H24ClN3OS2. The monoisotopic (exact) mass is 445 g/mol. The lowest BCUT2D eigenvalue weighted by Gasteiger charge is -2.34. The summed E-state index contributed by atoms with van der Waals surface area (Å²) < 4.78 is 1.15. The number of rotatable bonds is 4. The molecule has 152 valence electrons. The van der Waals surface area contributed by atoms with Crippen LogP contribution >= 0.6 is 34.7 Å². The average molecular weight is 446 g/mol. The minimum absolute atomic E-state index is 0.114. The van der Waals surface area contributed by atoms with Crippen LogP contribution in [0.25, 0.3) is 10.2 Å². The van der Waals surface area contributed by atoms with E-state index in [0.717, 1.165) is 49.5 Å². The molecule has 7 heteroatoms. The number of thiazole rings is 1. The fraction of sp³-hybridized carbons (Fsp3) is 0.364. The van der Waals surface area contributed by atoms with Gasteiger partial charge in [0, 0.05) is 46.9 Å². The molecule has 0 radical (unpaired) electrons. The summed E-state index contributed by atoms with van der Waals surface area (Å²) in [5.41, 5.74) is 2.78. The van der Waals surface area contributed by atoms with E-state index in [0.29, 0.717) is 18.3 Å².